The second kappa shape index (κ2) is 3.25. The van der Waals surface area contributed by atoms with Gasteiger partial charge in [0.1, 0.15) is 5.82 Å². The summed E-state index contributed by atoms with van der Waals surface area (Å²) >= 11 is 5.20. The average Bonchev–Trinajstić information content (AvgIpc) is 2.41. The lowest BCUT2D eigenvalue weighted by molar-refractivity contribution is 0.210. The fourth-order valence-electron chi connectivity index (χ4n) is 2.03. The Kier molecular flexibility index (Phi) is 2.24. The van der Waals surface area contributed by atoms with Crippen molar-refractivity contribution < 1.29 is 0 Å². The minimum Gasteiger partial charge on any atom is -0.301 e. The summed E-state index contributed by atoms with van der Waals surface area (Å²) in [5.41, 5.74) is 0. The van der Waals surface area contributed by atoms with Gasteiger partial charge >= 0.3 is 0 Å². The normalized spacial score (nSPS) is 27.2. The van der Waals surface area contributed by atoms with E-state index < -0.39 is 0 Å². The molecule has 0 saturated heterocycles. The molecule has 4 heteroatoms. The van der Waals surface area contributed by atoms with Gasteiger partial charge in [-0.05, 0) is 31.0 Å². The van der Waals surface area contributed by atoms with Gasteiger partial charge in [0.25, 0.3) is 0 Å². The third kappa shape index (κ3) is 1.43. The molecule has 0 radical (unpaired) electrons. The van der Waals surface area contributed by atoms with Crippen molar-refractivity contribution in [3.63, 3.8) is 0 Å². The monoisotopic (exact) mass is 197 g/mol. The molecule has 1 aliphatic rings. The predicted molar refractivity (Wildman–Crippen MR) is 54.2 cm³/mol. The number of hydrogen-bond donors (Lipinski definition) is 1. The summed E-state index contributed by atoms with van der Waals surface area (Å²) in [4.78, 5) is 0. The number of aryl methyl sites for hydroxylation is 1. The molecule has 0 amide bonds. The number of aromatic nitrogens is 3. The number of nitrogens with zero attached hydrogens (tertiary/aromatic N) is 2. The third-order valence-corrected chi connectivity index (χ3v) is 3.10. The van der Waals surface area contributed by atoms with Crippen LogP contribution in [0.5, 0.6) is 0 Å². The molecule has 0 bridgehead atoms. The summed E-state index contributed by atoms with van der Waals surface area (Å²) in [6.07, 6.45) is 3.46. The molecular weight excluding hydrogens is 182 g/mol. The molecule has 1 aliphatic carbocycles. The molecule has 0 unspecified atom stereocenters. The van der Waals surface area contributed by atoms with Gasteiger partial charge in [0.05, 0.1) is 0 Å². The number of nitrogens with one attached hydrogen (secondary N) is 1. The van der Waals surface area contributed by atoms with Crippen LogP contribution in [0.15, 0.2) is 0 Å². The zero-order valence-electron chi connectivity index (χ0n) is 8.08. The quantitative estimate of drug-likeness (QED) is 0.739. The van der Waals surface area contributed by atoms with Gasteiger partial charge in [-0.25, -0.2) is 0 Å². The first-order valence-electron chi connectivity index (χ1n) is 4.88. The van der Waals surface area contributed by atoms with Gasteiger partial charge in [0.2, 0.25) is 0 Å². The van der Waals surface area contributed by atoms with E-state index in [4.69, 9.17) is 12.2 Å². The van der Waals surface area contributed by atoms with Crippen LogP contribution in [0.25, 0.3) is 0 Å². The topological polar surface area (TPSA) is 33.6 Å². The van der Waals surface area contributed by atoms with E-state index in [0.717, 1.165) is 22.9 Å². The van der Waals surface area contributed by atoms with E-state index in [-0.39, 0.29) is 0 Å². The fourth-order valence-corrected chi connectivity index (χ4v) is 2.33. The van der Waals surface area contributed by atoms with E-state index in [2.05, 4.69) is 28.6 Å². The number of H-pyrrole nitrogens is 1. The molecule has 0 atom stereocenters. The maximum Gasteiger partial charge on any atom is 0.195 e. The van der Waals surface area contributed by atoms with Crippen LogP contribution in [0.1, 0.15) is 38.6 Å². The molecular formula is C9H15N3S. The highest BCUT2D eigenvalue weighted by atomic mass is 32.1. The Balaban J connectivity index is 2.28. The largest absolute Gasteiger partial charge is 0.301 e. The number of aromatic amines is 1. The summed E-state index contributed by atoms with van der Waals surface area (Å²) in [6, 6.07) is 0.608. The highest BCUT2D eigenvalue weighted by molar-refractivity contribution is 7.71. The molecule has 1 aromatic rings. The van der Waals surface area contributed by atoms with Gasteiger partial charge in [-0.2, -0.15) is 5.10 Å². The van der Waals surface area contributed by atoms with E-state index in [1.807, 2.05) is 0 Å². The summed E-state index contributed by atoms with van der Waals surface area (Å²) in [6.45, 7) is 4.40. The lowest BCUT2D eigenvalue weighted by Gasteiger charge is -2.34. The molecule has 0 spiro atoms. The summed E-state index contributed by atoms with van der Waals surface area (Å²) in [5.74, 6) is 1.95. The minimum atomic E-state index is 0.608. The Hall–Kier alpha value is -0.640. The van der Waals surface area contributed by atoms with Crippen LogP contribution in [0.3, 0.4) is 0 Å². The van der Waals surface area contributed by atoms with E-state index in [0.29, 0.717) is 6.04 Å². The second-order valence-corrected chi connectivity index (χ2v) is 4.29. The highest BCUT2D eigenvalue weighted by Gasteiger charge is 2.28. The van der Waals surface area contributed by atoms with Crippen LogP contribution in [-0.4, -0.2) is 14.8 Å². The Morgan fingerprint density at radius 1 is 1.62 bits per heavy atom. The highest BCUT2D eigenvalue weighted by Crippen LogP contribution is 2.37. The van der Waals surface area contributed by atoms with Crippen LogP contribution < -0.4 is 0 Å². The first kappa shape index (κ1) is 8.94. The average molecular weight is 197 g/mol. The van der Waals surface area contributed by atoms with Crippen molar-refractivity contribution in [2.75, 3.05) is 0 Å². The van der Waals surface area contributed by atoms with E-state index in [9.17, 15) is 0 Å². The molecule has 1 heterocycles. The first-order chi connectivity index (χ1) is 6.22. The van der Waals surface area contributed by atoms with Gasteiger partial charge in [0.15, 0.2) is 4.77 Å². The molecule has 2 rings (SSSR count). The number of hydrogen-bond acceptors (Lipinski definition) is 2. The zero-order valence-corrected chi connectivity index (χ0v) is 8.90. The predicted octanol–water partition coefficient (Wildman–Crippen LogP) is 2.47. The third-order valence-electron chi connectivity index (χ3n) is 2.81. The van der Waals surface area contributed by atoms with Crippen LogP contribution in [0.2, 0.25) is 0 Å². The van der Waals surface area contributed by atoms with Crippen LogP contribution in [0.4, 0.5) is 0 Å². The smallest absolute Gasteiger partial charge is 0.195 e. The molecule has 0 aromatic carbocycles. The van der Waals surface area contributed by atoms with Crippen molar-refractivity contribution in [2.24, 2.45) is 5.92 Å². The first-order valence-corrected chi connectivity index (χ1v) is 5.29. The Morgan fingerprint density at radius 2 is 2.31 bits per heavy atom. The van der Waals surface area contributed by atoms with Crippen molar-refractivity contribution >= 4 is 12.2 Å². The van der Waals surface area contributed by atoms with E-state index in [1.54, 1.807) is 0 Å². The van der Waals surface area contributed by atoms with Crippen LogP contribution in [-0.2, 0) is 6.42 Å². The second-order valence-electron chi connectivity index (χ2n) is 3.90. The van der Waals surface area contributed by atoms with Gasteiger partial charge in [-0.3, -0.25) is 5.10 Å². The van der Waals surface area contributed by atoms with Crippen molar-refractivity contribution in [2.45, 2.75) is 39.2 Å². The zero-order chi connectivity index (χ0) is 9.42. The van der Waals surface area contributed by atoms with Crippen molar-refractivity contribution in [1.82, 2.24) is 14.8 Å². The molecule has 0 aliphatic heterocycles. The molecule has 1 fully saturated rings. The molecule has 1 N–H and O–H groups in total. The standard InChI is InChI=1S/C9H15N3S/c1-3-8-10-11-9(13)12(8)7-4-6(2)5-7/h6-7H,3-5H2,1-2H3,(H,11,13). The van der Waals surface area contributed by atoms with E-state index in [1.165, 1.54) is 12.8 Å². The molecule has 3 nitrogen and oxygen atoms in total. The van der Waals surface area contributed by atoms with Crippen LogP contribution in [0, 0.1) is 10.7 Å². The maximum absolute atomic E-state index is 5.20. The number of rotatable bonds is 2. The van der Waals surface area contributed by atoms with E-state index >= 15 is 0 Å². The van der Waals surface area contributed by atoms with Gasteiger partial charge in [0, 0.05) is 12.5 Å². The fraction of sp³-hybridized carbons (Fsp3) is 0.778. The van der Waals surface area contributed by atoms with Gasteiger partial charge < -0.3 is 4.57 Å². The summed E-state index contributed by atoms with van der Waals surface area (Å²) in [7, 11) is 0. The maximum atomic E-state index is 5.20. The van der Waals surface area contributed by atoms with Crippen LogP contribution >= 0.6 is 12.2 Å². The lowest BCUT2D eigenvalue weighted by atomic mass is 9.81. The summed E-state index contributed by atoms with van der Waals surface area (Å²) < 4.78 is 2.98. The van der Waals surface area contributed by atoms with Gasteiger partial charge in [-0.15, -0.1) is 0 Å². The molecule has 1 aromatic heterocycles. The van der Waals surface area contributed by atoms with Crippen molar-refractivity contribution in [3.8, 4) is 0 Å². The van der Waals surface area contributed by atoms with Crippen molar-refractivity contribution in [1.29, 1.82) is 0 Å². The minimum absolute atomic E-state index is 0.608. The molecule has 1 saturated carbocycles. The van der Waals surface area contributed by atoms with Crippen molar-refractivity contribution in [3.05, 3.63) is 10.6 Å². The summed E-state index contributed by atoms with van der Waals surface area (Å²) in [5, 5.41) is 7.08. The Morgan fingerprint density at radius 3 is 2.85 bits per heavy atom. The Labute approximate surface area is 83.2 Å². The molecule has 13 heavy (non-hydrogen) atoms. The Bertz CT molecular complexity index is 346. The van der Waals surface area contributed by atoms with Gasteiger partial charge in [-0.1, -0.05) is 13.8 Å². The lowest BCUT2D eigenvalue weighted by Crippen LogP contribution is -2.26. The SMILES string of the molecule is CCc1n[nH]c(=S)n1C1CC(C)C1. The molecule has 72 valence electrons.